The van der Waals surface area contributed by atoms with Gasteiger partial charge in [-0.2, -0.15) is 4.98 Å². The molecular formula is C21H22N8. The maximum atomic E-state index is 5.07. The van der Waals surface area contributed by atoms with Gasteiger partial charge in [0, 0.05) is 18.7 Å². The van der Waals surface area contributed by atoms with Crippen molar-refractivity contribution in [3.05, 3.63) is 54.2 Å². The van der Waals surface area contributed by atoms with Gasteiger partial charge in [0.2, 0.25) is 5.95 Å². The van der Waals surface area contributed by atoms with Crippen molar-refractivity contribution < 1.29 is 0 Å². The Hall–Kier alpha value is -3.29. The highest BCUT2D eigenvalue weighted by Crippen LogP contribution is 2.48. The van der Waals surface area contributed by atoms with Gasteiger partial charge in [0.1, 0.15) is 23.4 Å². The fourth-order valence-corrected chi connectivity index (χ4v) is 5.01. The first-order valence-corrected chi connectivity index (χ1v) is 10.2. The average molecular weight is 386 g/mol. The van der Waals surface area contributed by atoms with Crippen molar-refractivity contribution in [1.82, 2.24) is 24.7 Å². The van der Waals surface area contributed by atoms with Crippen LogP contribution >= 0.6 is 0 Å². The highest BCUT2D eigenvalue weighted by atomic mass is 15.4. The van der Waals surface area contributed by atoms with Crippen molar-refractivity contribution in [3.63, 3.8) is 0 Å². The third-order valence-electron chi connectivity index (χ3n) is 6.40. The van der Waals surface area contributed by atoms with Crippen LogP contribution in [0, 0.1) is 0 Å². The molecule has 1 aromatic carbocycles. The first-order chi connectivity index (χ1) is 14.3. The van der Waals surface area contributed by atoms with E-state index in [0.29, 0.717) is 5.95 Å². The molecule has 1 fully saturated rings. The number of hydrogen-bond donors (Lipinski definition) is 0. The molecule has 0 radical (unpaired) electrons. The van der Waals surface area contributed by atoms with E-state index in [1.54, 1.807) is 6.33 Å². The summed E-state index contributed by atoms with van der Waals surface area (Å²) in [5.41, 5.74) is 1.92. The lowest BCUT2D eigenvalue weighted by molar-refractivity contribution is 0.382. The highest BCUT2D eigenvalue weighted by Gasteiger charge is 2.49. The van der Waals surface area contributed by atoms with E-state index in [1.807, 2.05) is 24.4 Å². The number of benzene rings is 1. The number of aromatic nitrogens is 5. The molecule has 0 amide bonds. The SMILES string of the molecule is CC[C@@]12CCCN1c1nc(N3CCN=C3c3ccccc3)ncc1-n1cnnc12. The molecule has 3 aliphatic heterocycles. The first-order valence-electron chi connectivity index (χ1n) is 10.2. The molecule has 0 bridgehead atoms. The number of aliphatic imine (C=N–C) groups is 1. The molecule has 0 unspecified atom stereocenters. The van der Waals surface area contributed by atoms with Crippen LogP contribution in [-0.4, -0.2) is 50.2 Å². The summed E-state index contributed by atoms with van der Waals surface area (Å²) in [6, 6.07) is 10.3. The minimum absolute atomic E-state index is 0.128. The number of nitrogens with zero attached hydrogens (tertiary/aromatic N) is 8. The normalized spacial score (nSPS) is 22.3. The van der Waals surface area contributed by atoms with Gasteiger partial charge in [-0.15, -0.1) is 10.2 Å². The van der Waals surface area contributed by atoms with Crippen LogP contribution in [0.2, 0.25) is 0 Å². The number of rotatable bonds is 3. The number of hydrogen-bond acceptors (Lipinski definition) is 7. The third kappa shape index (κ3) is 2.22. The van der Waals surface area contributed by atoms with E-state index < -0.39 is 0 Å². The van der Waals surface area contributed by atoms with E-state index in [4.69, 9.17) is 15.0 Å². The zero-order valence-corrected chi connectivity index (χ0v) is 16.4. The second kappa shape index (κ2) is 6.10. The number of fused-ring (bicyclic) bond motifs is 6. The van der Waals surface area contributed by atoms with Crippen molar-refractivity contribution in [2.24, 2.45) is 4.99 Å². The summed E-state index contributed by atoms with van der Waals surface area (Å²) in [4.78, 5) is 19.1. The van der Waals surface area contributed by atoms with E-state index in [1.165, 1.54) is 0 Å². The topological polar surface area (TPSA) is 75.3 Å². The molecule has 0 saturated carbocycles. The predicted octanol–water partition coefficient (Wildman–Crippen LogP) is 2.54. The summed E-state index contributed by atoms with van der Waals surface area (Å²) < 4.78 is 2.07. The Morgan fingerprint density at radius 1 is 1.14 bits per heavy atom. The molecule has 8 nitrogen and oxygen atoms in total. The maximum Gasteiger partial charge on any atom is 0.233 e. The summed E-state index contributed by atoms with van der Waals surface area (Å²) in [6.45, 7) is 4.75. The first kappa shape index (κ1) is 16.6. The van der Waals surface area contributed by atoms with Crippen molar-refractivity contribution in [1.29, 1.82) is 0 Å². The number of anilines is 2. The Morgan fingerprint density at radius 2 is 2.03 bits per heavy atom. The van der Waals surface area contributed by atoms with E-state index >= 15 is 0 Å². The summed E-state index contributed by atoms with van der Waals surface area (Å²) in [6.07, 6.45) is 6.87. The van der Waals surface area contributed by atoms with Crippen LogP contribution in [-0.2, 0) is 5.54 Å². The van der Waals surface area contributed by atoms with Crippen LogP contribution in [0.5, 0.6) is 0 Å². The largest absolute Gasteiger partial charge is 0.342 e. The summed E-state index contributed by atoms with van der Waals surface area (Å²) in [7, 11) is 0. The molecule has 3 aliphatic rings. The van der Waals surface area contributed by atoms with Crippen molar-refractivity contribution in [2.45, 2.75) is 31.7 Å². The van der Waals surface area contributed by atoms with E-state index in [9.17, 15) is 0 Å². The quantitative estimate of drug-likeness (QED) is 0.689. The molecule has 6 rings (SSSR count). The molecule has 5 heterocycles. The molecule has 0 aliphatic carbocycles. The Kier molecular flexibility index (Phi) is 3.50. The van der Waals surface area contributed by atoms with Gasteiger partial charge < -0.3 is 4.90 Å². The van der Waals surface area contributed by atoms with Crippen LogP contribution in [0.3, 0.4) is 0 Å². The summed E-state index contributed by atoms with van der Waals surface area (Å²) in [5, 5.41) is 8.69. The van der Waals surface area contributed by atoms with E-state index in [-0.39, 0.29) is 5.54 Å². The lowest BCUT2D eigenvalue weighted by Crippen LogP contribution is -2.47. The molecule has 8 heteroatoms. The lowest BCUT2D eigenvalue weighted by Gasteiger charge is -2.42. The van der Waals surface area contributed by atoms with E-state index in [0.717, 1.165) is 67.6 Å². The van der Waals surface area contributed by atoms with Crippen LogP contribution in [0.25, 0.3) is 5.69 Å². The summed E-state index contributed by atoms with van der Waals surface area (Å²) in [5.74, 6) is 3.63. The van der Waals surface area contributed by atoms with Crippen molar-refractivity contribution >= 4 is 17.6 Å². The van der Waals surface area contributed by atoms with Crippen LogP contribution < -0.4 is 9.80 Å². The fraction of sp³-hybridized carbons (Fsp3) is 0.381. The van der Waals surface area contributed by atoms with Crippen molar-refractivity contribution in [3.8, 4) is 5.69 Å². The Labute approximate surface area is 168 Å². The molecule has 0 spiro atoms. The zero-order valence-electron chi connectivity index (χ0n) is 16.4. The van der Waals surface area contributed by atoms with Gasteiger partial charge >= 0.3 is 0 Å². The smallest absolute Gasteiger partial charge is 0.233 e. The monoisotopic (exact) mass is 386 g/mol. The second-order valence-electron chi connectivity index (χ2n) is 7.77. The minimum atomic E-state index is -0.128. The summed E-state index contributed by atoms with van der Waals surface area (Å²) >= 11 is 0. The van der Waals surface area contributed by atoms with E-state index in [2.05, 4.69) is 43.6 Å². The van der Waals surface area contributed by atoms with Gasteiger partial charge in [-0.1, -0.05) is 37.3 Å². The lowest BCUT2D eigenvalue weighted by atomic mass is 9.90. The predicted molar refractivity (Wildman–Crippen MR) is 111 cm³/mol. The molecule has 2 aromatic heterocycles. The number of amidine groups is 1. The standard InChI is InChI=1S/C21H22N8/c1-2-21-9-6-11-29(21)18-16(28-14-24-26-19(21)28)13-23-20(25-18)27-12-10-22-17(27)15-7-4-3-5-8-15/h3-5,7-8,13-14H,2,6,9-12H2,1H3/t21-/m0/s1. The van der Waals surface area contributed by atoms with Gasteiger partial charge in [-0.05, 0) is 19.3 Å². The molecule has 146 valence electrons. The van der Waals surface area contributed by atoms with Gasteiger partial charge in [-0.3, -0.25) is 14.5 Å². The Morgan fingerprint density at radius 3 is 2.90 bits per heavy atom. The fourth-order valence-electron chi connectivity index (χ4n) is 5.01. The second-order valence-corrected chi connectivity index (χ2v) is 7.77. The van der Waals surface area contributed by atoms with Crippen molar-refractivity contribution in [2.75, 3.05) is 29.4 Å². The molecule has 0 N–H and O–H groups in total. The third-order valence-corrected chi connectivity index (χ3v) is 6.40. The molecule has 29 heavy (non-hydrogen) atoms. The molecule has 1 atom stereocenters. The molecule has 1 saturated heterocycles. The Balaban J connectivity index is 1.47. The van der Waals surface area contributed by atoms with Gasteiger partial charge in [-0.25, -0.2) is 4.98 Å². The Bertz CT molecular complexity index is 1100. The average Bonchev–Trinajstić information content (AvgIpc) is 3.53. The molecular weight excluding hydrogens is 364 g/mol. The van der Waals surface area contributed by atoms with Crippen LogP contribution in [0.4, 0.5) is 11.8 Å². The zero-order chi connectivity index (χ0) is 19.4. The van der Waals surface area contributed by atoms with Crippen LogP contribution in [0.15, 0.2) is 47.8 Å². The van der Waals surface area contributed by atoms with Crippen LogP contribution in [0.1, 0.15) is 37.6 Å². The van der Waals surface area contributed by atoms with Gasteiger partial charge in [0.15, 0.2) is 11.6 Å². The van der Waals surface area contributed by atoms with Gasteiger partial charge in [0.25, 0.3) is 0 Å². The minimum Gasteiger partial charge on any atom is -0.342 e. The van der Waals surface area contributed by atoms with Gasteiger partial charge in [0.05, 0.1) is 12.7 Å². The highest BCUT2D eigenvalue weighted by molar-refractivity contribution is 6.10. The molecule has 3 aromatic rings. The maximum absolute atomic E-state index is 5.07.